The molecule has 13 heteroatoms. The number of fused-ring (bicyclic) bond motifs is 6. The predicted octanol–water partition coefficient (Wildman–Crippen LogP) is 13.0. The number of alkyl halides is 9. The van der Waals surface area contributed by atoms with Crippen LogP contribution in [0.2, 0.25) is 0 Å². The van der Waals surface area contributed by atoms with Crippen LogP contribution in [0, 0.1) is 17.9 Å². The molecule has 0 atom stereocenters. The predicted molar refractivity (Wildman–Crippen MR) is 187 cm³/mol. The summed E-state index contributed by atoms with van der Waals surface area (Å²) in [6, 6.07) is 26.5. The second-order valence-electron chi connectivity index (χ2n) is 12.5. The Morgan fingerprint density at radius 1 is 0.519 bits per heavy atom. The van der Waals surface area contributed by atoms with Crippen LogP contribution < -0.4 is 0 Å². The number of para-hydroxylation sites is 2. The molecule has 0 N–H and O–H groups in total. The smallest absolute Gasteiger partial charge is 0.307 e. The van der Waals surface area contributed by atoms with Gasteiger partial charge in [-0.1, -0.05) is 66.7 Å². The standard InChI is InChI=1S/C41H19F9N4/c1-52-31-10-6-9-30(41(48,49)50)38(31)29-20-37(54-33-12-5-3-8-26(33)28-16-14-24(19-35(28)54)40(45,46)47)36(17-22(29)21-51)53-32-11-4-2-7-25(32)27-15-13-23(18-34(27)53)39(42,43)44/h2-20H. The summed E-state index contributed by atoms with van der Waals surface area (Å²) >= 11 is 0. The summed E-state index contributed by atoms with van der Waals surface area (Å²) in [7, 11) is 0. The lowest BCUT2D eigenvalue weighted by Crippen LogP contribution is -2.10. The maximum Gasteiger partial charge on any atom is 0.416 e. The van der Waals surface area contributed by atoms with Gasteiger partial charge in [-0.3, -0.25) is 0 Å². The minimum atomic E-state index is -5.00. The molecule has 8 aromatic rings. The Morgan fingerprint density at radius 3 is 1.46 bits per heavy atom. The lowest BCUT2D eigenvalue weighted by atomic mass is 9.92. The van der Waals surface area contributed by atoms with E-state index in [9.17, 15) is 44.8 Å². The fraction of sp³-hybridized carbons (Fsp3) is 0.0732. The molecule has 0 unspecified atom stereocenters. The first-order chi connectivity index (χ1) is 25.6. The number of benzene rings is 6. The molecule has 0 amide bonds. The van der Waals surface area contributed by atoms with Gasteiger partial charge in [0.05, 0.1) is 68.3 Å². The minimum Gasteiger partial charge on any atom is -0.307 e. The van der Waals surface area contributed by atoms with Crippen molar-refractivity contribution in [2.24, 2.45) is 0 Å². The summed E-state index contributed by atoms with van der Waals surface area (Å²) in [5.74, 6) is 0. The summed E-state index contributed by atoms with van der Waals surface area (Å²) in [4.78, 5) is 3.31. The third-order valence-electron chi connectivity index (χ3n) is 9.46. The highest BCUT2D eigenvalue weighted by Crippen LogP contribution is 2.47. The van der Waals surface area contributed by atoms with Gasteiger partial charge in [0.15, 0.2) is 5.69 Å². The van der Waals surface area contributed by atoms with E-state index in [2.05, 4.69) is 4.85 Å². The minimum absolute atomic E-state index is 0.0122. The largest absolute Gasteiger partial charge is 0.416 e. The van der Waals surface area contributed by atoms with Gasteiger partial charge in [-0.25, -0.2) is 4.85 Å². The Balaban J connectivity index is 1.62. The van der Waals surface area contributed by atoms with Crippen LogP contribution in [-0.2, 0) is 18.5 Å². The van der Waals surface area contributed by atoms with Crippen LogP contribution in [0.5, 0.6) is 0 Å². The van der Waals surface area contributed by atoms with Crippen molar-refractivity contribution in [3.05, 3.63) is 149 Å². The van der Waals surface area contributed by atoms with Crippen LogP contribution in [0.4, 0.5) is 45.2 Å². The number of rotatable bonds is 3. The molecule has 4 nitrogen and oxygen atoms in total. The quantitative estimate of drug-likeness (QED) is 0.131. The highest BCUT2D eigenvalue weighted by atomic mass is 19.4. The highest BCUT2D eigenvalue weighted by Gasteiger charge is 2.37. The van der Waals surface area contributed by atoms with Crippen LogP contribution >= 0.6 is 0 Å². The molecule has 54 heavy (non-hydrogen) atoms. The fourth-order valence-electron chi connectivity index (χ4n) is 7.20. The van der Waals surface area contributed by atoms with Crippen molar-refractivity contribution in [1.29, 1.82) is 5.26 Å². The Kier molecular flexibility index (Phi) is 7.57. The summed E-state index contributed by atoms with van der Waals surface area (Å²) in [6.45, 7) is 7.73. The molecule has 8 rings (SSSR count). The summed E-state index contributed by atoms with van der Waals surface area (Å²) < 4.78 is 132. The van der Waals surface area contributed by atoms with Gasteiger partial charge in [0.1, 0.15) is 0 Å². The first kappa shape index (κ1) is 34.4. The van der Waals surface area contributed by atoms with E-state index >= 15 is 0 Å². The Bertz CT molecular complexity index is 2930. The van der Waals surface area contributed by atoms with Gasteiger partial charge in [-0.05, 0) is 54.1 Å². The van der Waals surface area contributed by atoms with Crippen molar-refractivity contribution in [3.63, 3.8) is 0 Å². The van der Waals surface area contributed by atoms with E-state index in [1.54, 1.807) is 48.5 Å². The van der Waals surface area contributed by atoms with Crippen LogP contribution in [-0.4, -0.2) is 9.13 Å². The number of hydrogen-bond donors (Lipinski definition) is 0. The number of halogens is 9. The Morgan fingerprint density at radius 2 is 1.00 bits per heavy atom. The topological polar surface area (TPSA) is 38.0 Å². The molecule has 0 aliphatic carbocycles. The first-order valence-electron chi connectivity index (χ1n) is 16.0. The van der Waals surface area contributed by atoms with Gasteiger partial charge >= 0.3 is 18.5 Å². The van der Waals surface area contributed by atoms with Crippen LogP contribution in [0.25, 0.3) is 71.0 Å². The number of aromatic nitrogens is 2. The molecular formula is C41H19F9N4. The Labute approximate surface area is 298 Å². The lowest BCUT2D eigenvalue weighted by Gasteiger charge is -2.22. The highest BCUT2D eigenvalue weighted by molar-refractivity contribution is 6.12. The zero-order valence-electron chi connectivity index (χ0n) is 27.2. The molecule has 0 aliphatic rings. The van der Waals surface area contributed by atoms with Crippen LogP contribution in [0.3, 0.4) is 0 Å². The molecule has 0 saturated heterocycles. The molecule has 0 saturated carbocycles. The molecule has 0 radical (unpaired) electrons. The second kappa shape index (κ2) is 11.9. The van der Waals surface area contributed by atoms with Crippen molar-refractivity contribution in [3.8, 4) is 28.6 Å². The lowest BCUT2D eigenvalue weighted by molar-refractivity contribution is -0.138. The molecule has 0 spiro atoms. The van der Waals surface area contributed by atoms with Crippen molar-refractivity contribution in [1.82, 2.24) is 9.13 Å². The fourth-order valence-corrected chi connectivity index (χ4v) is 7.20. The second-order valence-corrected chi connectivity index (χ2v) is 12.5. The monoisotopic (exact) mass is 738 g/mol. The maximum absolute atomic E-state index is 14.6. The zero-order valence-corrected chi connectivity index (χ0v) is 27.2. The first-order valence-corrected chi connectivity index (χ1v) is 16.0. The molecule has 0 aliphatic heterocycles. The third-order valence-corrected chi connectivity index (χ3v) is 9.46. The van der Waals surface area contributed by atoms with Gasteiger partial charge in [0.2, 0.25) is 0 Å². The molecule has 0 bridgehead atoms. The van der Waals surface area contributed by atoms with Gasteiger partial charge in [0, 0.05) is 27.1 Å². The SMILES string of the molecule is [C-]#[N+]c1cccc(C(F)(F)F)c1-c1cc(-n2c3ccccc3c3ccc(C(F)(F)F)cc32)c(-n2c3ccccc3c3ccc(C(F)(F)F)cc32)cc1C#N. The van der Waals surface area contributed by atoms with E-state index < -0.39 is 46.5 Å². The van der Waals surface area contributed by atoms with Gasteiger partial charge in [-0.2, -0.15) is 44.8 Å². The van der Waals surface area contributed by atoms with Crippen molar-refractivity contribution in [2.75, 3.05) is 0 Å². The van der Waals surface area contributed by atoms with Crippen molar-refractivity contribution >= 4 is 49.3 Å². The third kappa shape index (κ3) is 5.31. The van der Waals surface area contributed by atoms with Gasteiger partial charge in [-0.15, -0.1) is 0 Å². The van der Waals surface area contributed by atoms with Gasteiger partial charge in [0.25, 0.3) is 0 Å². The normalized spacial score (nSPS) is 12.5. The molecular weight excluding hydrogens is 719 g/mol. The molecule has 2 aromatic heterocycles. The Hall–Kier alpha value is -6.73. The van der Waals surface area contributed by atoms with E-state index in [1.807, 2.05) is 6.07 Å². The summed E-state index contributed by atoms with van der Waals surface area (Å²) in [6.07, 6.45) is -14.6. The molecule has 2 heterocycles. The average molecular weight is 739 g/mol. The number of nitrogens with zero attached hydrogens (tertiary/aromatic N) is 4. The van der Waals surface area contributed by atoms with Crippen LogP contribution in [0.15, 0.2) is 115 Å². The number of hydrogen-bond acceptors (Lipinski definition) is 1. The van der Waals surface area contributed by atoms with E-state index in [1.165, 1.54) is 33.4 Å². The average Bonchev–Trinajstić information content (AvgIpc) is 3.65. The maximum atomic E-state index is 14.6. The van der Waals surface area contributed by atoms with E-state index in [0.29, 0.717) is 32.6 Å². The van der Waals surface area contributed by atoms with E-state index in [-0.39, 0.29) is 33.5 Å². The summed E-state index contributed by atoms with van der Waals surface area (Å²) in [5, 5.41) is 12.2. The summed E-state index contributed by atoms with van der Waals surface area (Å²) in [5.41, 5.74) is -4.52. The van der Waals surface area contributed by atoms with Gasteiger partial charge < -0.3 is 9.13 Å². The zero-order chi connectivity index (χ0) is 38.3. The molecule has 266 valence electrons. The molecule has 0 fully saturated rings. The van der Waals surface area contributed by atoms with Crippen molar-refractivity contribution in [2.45, 2.75) is 18.5 Å². The van der Waals surface area contributed by atoms with Crippen LogP contribution in [0.1, 0.15) is 22.3 Å². The van der Waals surface area contributed by atoms with E-state index in [4.69, 9.17) is 6.57 Å². The van der Waals surface area contributed by atoms with Crippen molar-refractivity contribution < 1.29 is 39.5 Å². The van der Waals surface area contributed by atoms with E-state index in [0.717, 1.165) is 42.5 Å². The number of nitriles is 1. The molecule has 6 aromatic carbocycles.